The molecule has 0 aromatic heterocycles. The van der Waals surface area contributed by atoms with Gasteiger partial charge in [0, 0.05) is 0 Å². The summed E-state index contributed by atoms with van der Waals surface area (Å²) >= 11 is 0. The minimum atomic E-state index is -4.06. The van der Waals surface area contributed by atoms with E-state index in [1.54, 1.807) is 49.4 Å². The molecule has 0 aliphatic carbocycles. The van der Waals surface area contributed by atoms with Crippen molar-refractivity contribution >= 4 is 6.08 Å². The number of aryl methyl sites for hydroxylation is 1. The topological polar surface area (TPSA) is 18.5 Å². The van der Waals surface area contributed by atoms with Crippen molar-refractivity contribution in [1.29, 1.82) is 0 Å². The highest BCUT2D eigenvalue weighted by molar-refractivity contribution is 5.66. The van der Waals surface area contributed by atoms with Crippen molar-refractivity contribution in [2.45, 2.75) is 45.6 Å². The Hall–Kier alpha value is -3.21. The Morgan fingerprint density at radius 3 is 2.12 bits per heavy atom. The number of benzene rings is 3. The summed E-state index contributed by atoms with van der Waals surface area (Å²) in [4.78, 5) is 0. The largest absolute Gasteiger partial charge is 0.494 e. The van der Waals surface area contributed by atoms with Crippen LogP contribution in [0.25, 0.3) is 17.2 Å². The number of unbranched alkanes of at least 4 members (excludes halogenated alkanes) is 3. The average Bonchev–Trinajstić information content (AvgIpc) is 2.81. The van der Waals surface area contributed by atoms with Crippen molar-refractivity contribution in [3.63, 3.8) is 0 Å². The van der Waals surface area contributed by atoms with Crippen LogP contribution in [0, 0.1) is 6.92 Å². The summed E-state index contributed by atoms with van der Waals surface area (Å²) < 4.78 is 53.1. The first-order valence-electron chi connectivity index (χ1n) is 11.2. The van der Waals surface area contributed by atoms with E-state index in [9.17, 15) is 13.2 Å². The van der Waals surface area contributed by atoms with Crippen molar-refractivity contribution < 1.29 is 22.6 Å². The second kappa shape index (κ2) is 11.6. The summed E-state index contributed by atoms with van der Waals surface area (Å²) in [5.41, 5.74) is 2.67. The zero-order valence-electron chi connectivity index (χ0n) is 19.0. The normalized spacial score (nSPS) is 12.0. The number of alkyl halides is 2. The molecule has 3 rings (SSSR count). The molecule has 33 heavy (non-hydrogen) atoms. The van der Waals surface area contributed by atoms with Gasteiger partial charge in [-0.1, -0.05) is 80.8 Å². The average molecular weight is 455 g/mol. The second-order valence-corrected chi connectivity index (χ2v) is 7.93. The van der Waals surface area contributed by atoms with Gasteiger partial charge in [-0.05, 0) is 59.9 Å². The fourth-order valence-electron chi connectivity index (χ4n) is 3.32. The van der Waals surface area contributed by atoms with E-state index >= 15 is 0 Å². The van der Waals surface area contributed by atoms with Crippen LogP contribution in [0.2, 0.25) is 0 Å². The van der Waals surface area contributed by atoms with Crippen molar-refractivity contribution in [3.8, 4) is 22.6 Å². The maximum absolute atomic E-state index is 14.3. The Balaban J connectivity index is 1.62. The fraction of sp³-hybridized carbons (Fsp3) is 0.286. The van der Waals surface area contributed by atoms with Gasteiger partial charge in [-0.2, -0.15) is 8.78 Å². The first-order valence-corrected chi connectivity index (χ1v) is 11.2. The van der Waals surface area contributed by atoms with Gasteiger partial charge in [0.15, 0.2) is 0 Å². The lowest BCUT2D eigenvalue weighted by atomic mass is 10.0. The van der Waals surface area contributed by atoms with Gasteiger partial charge in [0.25, 0.3) is 0 Å². The van der Waals surface area contributed by atoms with Gasteiger partial charge >= 0.3 is 6.11 Å². The smallest absolute Gasteiger partial charge is 0.454 e. The maximum atomic E-state index is 14.3. The van der Waals surface area contributed by atoms with E-state index in [1.807, 2.05) is 24.3 Å². The van der Waals surface area contributed by atoms with Gasteiger partial charge in [0.1, 0.15) is 11.5 Å². The van der Waals surface area contributed by atoms with Crippen molar-refractivity contribution in [2.24, 2.45) is 0 Å². The molecule has 0 N–H and O–H groups in total. The summed E-state index contributed by atoms with van der Waals surface area (Å²) in [6.45, 7) is 4.50. The first-order chi connectivity index (χ1) is 15.9. The Kier molecular flexibility index (Phi) is 8.58. The maximum Gasteiger partial charge on any atom is 0.454 e. The summed E-state index contributed by atoms with van der Waals surface area (Å²) in [6, 6.07) is 20.7. The quantitative estimate of drug-likeness (QED) is 0.270. The number of halogens is 3. The third-order valence-electron chi connectivity index (χ3n) is 5.27. The molecule has 0 fully saturated rings. The lowest BCUT2D eigenvalue weighted by Crippen LogP contribution is -2.25. The molecule has 174 valence electrons. The van der Waals surface area contributed by atoms with Gasteiger partial charge in [0.2, 0.25) is 5.83 Å². The highest BCUT2D eigenvalue weighted by Gasteiger charge is 2.38. The molecule has 3 aromatic rings. The summed E-state index contributed by atoms with van der Waals surface area (Å²) in [7, 11) is 0. The number of rotatable bonds is 11. The van der Waals surface area contributed by atoms with Crippen LogP contribution in [0.3, 0.4) is 0 Å². The highest BCUT2D eigenvalue weighted by Crippen LogP contribution is 2.32. The summed E-state index contributed by atoms with van der Waals surface area (Å²) in [6.07, 6.45) is 1.35. The third kappa shape index (κ3) is 7.14. The van der Waals surface area contributed by atoms with Crippen LogP contribution in [0.5, 0.6) is 11.5 Å². The number of para-hydroxylation sites is 1. The van der Waals surface area contributed by atoms with Crippen molar-refractivity contribution in [2.75, 3.05) is 6.61 Å². The molecule has 0 heterocycles. The predicted molar refractivity (Wildman–Crippen MR) is 127 cm³/mol. The first kappa shape index (κ1) is 24.4. The Morgan fingerprint density at radius 1 is 0.848 bits per heavy atom. The minimum absolute atomic E-state index is 0.0604. The molecule has 0 radical (unpaired) electrons. The van der Waals surface area contributed by atoms with Crippen molar-refractivity contribution in [1.82, 2.24) is 0 Å². The number of ether oxygens (including phenoxy) is 2. The molecule has 0 aliphatic rings. The van der Waals surface area contributed by atoms with E-state index in [1.165, 1.54) is 25.3 Å². The molecule has 5 heteroatoms. The van der Waals surface area contributed by atoms with Crippen LogP contribution in [0.1, 0.15) is 43.7 Å². The Labute approximate surface area is 193 Å². The number of hydrogen-bond donors (Lipinski definition) is 0. The highest BCUT2D eigenvalue weighted by atomic mass is 19.3. The van der Waals surface area contributed by atoms with Crippen LogP contribution in [0.4, 0.5) is 13.2 Å². The molecule has 0 atom stereocenters. The minimum Gasteiger partial charge on any atom is -0.494 e. The molecule has 0 saturated heterocycles. The van der Waals surface area contributed by atoms with E-state index in [0.29, 0.717) is 17.7 Å². The van der Waals surface area contributed by atoms with E-state index in [4.69, 9.17) is 4.74 Å². The van der Waals surface area contributed by atoms with Gasteiger partial charge in [-0.3, -0.25) is 0 Å². The van der Waals surface area contributed by atoms with E-state index in [2.05, 4.69) is 11.7 Å². The number of hydrogen-bond acceptors (Lipinski definition) is 2. The van der Waals surface area contributed by atoms with Gasteiger partial charge in [-0.15, -0.1) is 0 Å². The van der Waals surface area contributed by atoms with E-state index in [-0.39, 0.29) is 5.75 Å². The molecule has 2 nitrogen and oxygen atoms in total. The van der Waals surface area contributed by atoms with Crippen LogP contribution < -0.4 is 9.47 Å². The zero-order valence-corrected chi connectivity index (χ0v) is 19.0. The van der Waals surface area contributed by atoms with Crippen LogP contribution >= 0.6 is 0 Å². The van der Waals surface area contributed by atoms with Crippen LogP contribution in [0.15, 0.2) is 78.6 Å². The Morgan fingerprint density at radius 2 is 1.48 bits per heavy atom. The Bertz CT molecular complexity index is 1040. The van der Waals surface area contributed by atoms with Crippen LogP contribution in [-0.4, -0.2) is 12.7 Å². The van der Waals surface area contributed by atoms with Gasteiger partial charge < -0.3 is 9.47 Å². The lowest BCUT2D eigenvalue weighted by molar-refractivity contribution is -0.155. The lowest BCUT2D eigenvalue weighted by Gasteiger charge is -2.17. The molecule has 0 amide bonds. The van der Waals surface area contributed by atoms with Crippen LogP contribution in [-0.2, 0) is 0 Å². The molecular weight excluding hydrogens is 425 g/mol. The van der Waals surface area contributed by atoms with Gasteiger partial charge in [0.05, 0.1) is 6.61 Å². The van der Waals surface area contributed by atoms with E-state index < -0.39 is 11.9 Å². The third-order valence-corrected chi connectivity index (χ3v) is 5.27. The molecule has 0 bridgehead atoms. The van der Waals surface area contributed by atoms with E-state index in [0.717, 1.165) is 29.4 Å². The summed E-state index contributed by atoms with van der Waals surface area (Å²) in [5, 5.41) is 0. The molecule has 0 aliphatic heterocycles. The fourth-order valence-corrected chi connectivity index (χ4v) is 3.32. The molecule has 0 spiro atoms. The zero-order chi connectivity index (χ0) is 23.7. The molecular formula is C28H29F3O2. The second-order valence-electron chi connectivity index (χ2n) is 7.93. The van der Waals surface area contributed by atoms with Crippen molar-refractivity contribution in [3.05, 3.63) is 89.8 Å². The van der Waals surface area contributed by atoms with Gasteiger partial charge in [-0.25, -0.2) is 4.39 Å². The summed E-state index contributed by atoms with van der Waals surface area (Å²) in [5.74, 6) is -0.901. The predicted octanol–water partition coefficient (Wildman–Crippen LogP) is 8.60. The molecule has 0 unspecified atom stereocenters. The standard InChI is InChI=1S/C28H29F3O2/c1-3-4-5-8-19-32-25-17-15-24(16-18-25)23-13-11-22(12-14-23)20-27(29)28(30,31)33-26-10-7-6-9-21(26)2/h6-7,9-18,20H,3-5,8,19H2,1-2H3/b27-20-. The monoisotopic (exact) mass is 454 g/mol. The molecule has 3 aromatic carbocycles. The molecule has 0 saturated carbocycles. The SMILES string of the molecule is CCCCCCOc1ccc(-c2ccc(/C=C(\F)C(F)(F)Oc3ccccc3C)cc2)cc1.